The molecule has 0 aromatic carbocycles. The van der Waals surface area contributed by atoms with Crippen molar-refractivity contribution < 1.29 is 0 Å². The fraction of sp³-hybridized carbons (Fsp3) is 0.636. The Labute approximate surface area is 90.5 Å². The highest BCUT2D eigenvalue weighted by atomic mass is 32.1. The van der Waals surface area contributed by atoms with E-state index in [1.165, 1.54) is 16.2 Å². The van der Waals surface area contributed by atoms with Crippen LogP contribution in [0.2, 0.25) is 0 Å². The molecule has 3 heteroatoms. The smallest absolute Gasteiger partial charge is 0.0258 e. The Morgan fingerprint density at radius 2 is 2.07 bits per heavy atom. The second kappa shape index (κ2) is 6.17. The summed E-state index contributed by atoms with van der Waals surface area (Å²) in [6, 6.07) is 4.88. The second-order valence-corrected chi connectivity index (χ2v) is 4.83. The highest BCUT2D eigenvalue weighted by molar-refractivity contribution is 7.11. The van der Waals surface area contributed by atoms with Crippen molar-refractivity contribution in [1.29, 1.82) is 0 Å². The van der Waals surface area contributed by atoms with Crippen LogP contribution in [0.5, 0.6) is 0 Å². The molecule has 14 heavy (non-hydrogen) atoms. The molecule has 1 rings (SSSR count). The van der Waals surface area contributed by atoms with E-state index in [-0.39, 0.29) is 0 Å². The standard InChI is InChI=1S/C11H20N2S/c1-3-5-9(13-12)8-11-7-6-10(4-2)14-11/h6-7,9,13H,3-5,8,12H2,1-2H3. The van der Waals surface area contributed by atoms with E-state index in [0.717, 1.165) is 19.3 Å². The molecule has 0 spiro atoms. The van der Waals surface area contributed by atoms with Gasteiger partial charge in [0.15, 0.2) is 0 Å². The van der Waals surface area contributed by atoms with Crippen LogP contribution in [0.25, 0.3) is 0 Å². The van der Waals surface area contributed by atoms with Crippen LogP contribution < -0.4 is 11.3 Å². The molecule has 0 aliphatic heterocycles. The molecule has 0 radical (unpaired) electrons. The molecule has 1 aromatic heterocycles. The van der Waals surface area contributed by atoms with Crippen molar-refractivity contribution in [1.82, 2.24) is 5.43 Å². The van der Waals surface area contributed by atoms with Gasteiger partial charge in [0, 0.05) is 15.8 Å². The molecule has 1 atom stereocenters. The van der Waals surface area contributed by atoms with Gasteiger partial charge in [-0.25, -0.2) is 0 Å². The summed E-state index contributed by atoms with van der Waals surface area (Å²) in [4.78, 5) is 2.91. The van der Waals surface area contributed by atoms with Gasteiger partial charge in [-0.3, -0.25) is 11.3 Å². The zero-order valence-electron chi connectivity index (χ0n) is 9.05. The Bertz CT molecular complexity index is 258. The first-order valence-corrected chi connectivity index (χ1v) is 6.15. The number of hydrazine groups is 1. The molecule has 0 amide bonds. The van der Waals surface area contributed by atoms with Crippen molar-refractivity contribution in [2.45, 2.75) is 45.6 Å². The lowest BCUT2D eigenvalue weighted by Crippen LogP contribution is -2.36. The van der Waals surface area contributed by atoms with Crippen LogP contribution in [-0.4, -0.2) is 6.04 Å². The summed E-state index contributed by atoms with van der Waals surface area (Å²) in [5.41, 5.74) is 2.89. The molecule has 2 nitrogen and oxygen atoms in total. The van der Waals surface area contributed by atoms with Gasteiger partial charge < -0.3 is 0 Å². The fourth-order valence-corrected chi connectivity index (χ4v) is 2.60. The van der Waals surface area contributed by atoms with E-state index in [1.54, 1.807) is 0 Å². The van der Waals surface area contributed by atoms with E-state index in [0.29, 0.717) is 6.04 Å². The Morgan fingerprint density at radius 1 is 1.36 bits per heavy atom. The van der Waals surface area contributed by atoms with Crippen LogP contribution in [-0.2, 0) is 12.8 Å². The Balaban J connectivity index is 2.48. The van der Waals surface area contributed by atoms with Gasteiger partial charge >= 0.3 is 0 Å². The molecule has 1 heterocycles. The summed E-state index contributed by atoms with van der Waals surface area (Å²) >= 11 is 1.91. The van der Waals surface area contributed by atoms with Gasteiger partial charge in [0.1, 0.15) is 0 Å². The van der Waals surface area contributed by atoms with E-state index in [2.05, 4.69) is 31.4 Å². The van der Waals surface area contributed by atoms with Crippen molar-refractivity contribution in [2.24, 2.45) is 5.84 Å². The molecule has 1 aromatic rings. The second-order valence-electron chi connectivity index (χ2n) is 3.58. The number of hydrogen-bond acceptors (Lipinski definition) is 3. The zero-order valence-corrected chi connectivity index (χ0v) is 9.86. The first-order chi connectivity index (χ1) is 6.80. The van der Waals surface area contributed by atoms with E-state index in [4.69, 9.17) is 5.84 Å². The van der Waals surface area contributed by atoms with Crippen LogP contribution in [0.3, 0.4) is 0 Å². The average Bonchev–Trinajstić information content (AvgIpc) is 2.65. The van der Waals surface area contributed by atoms with Gasteiger partial charge in [0.2, 0.25) is 0 Å². The first-order valence-electron chi connectivity index (χ1n) is 5.33. The molecule has 0 saturated carbocycles. The quantitative estimate of drug-likeness (QED) is 0.561. The summed E-state index contributed by atoms with van der Waals surface area (Å²) in [5.74, 6) is 5.50. The Hall–Kier alpha value is -0.380. The van der Waals surface area contributed by atoms with Crippen molar-refractivity contribution in [3.63, 3.8) is 0 Å². The van der Waals surface area contributed by atoms with Crippen LogP contribution in [0.4, 0.5) is 0 Å². The summed E-state index contributed by atoms with van der Waals surface area (Å²) < 4.78 is 0. The monoisotopic (exact) mass is 212 g/mol. The predicted molar refractivity (Wildman–Crippen MR) is 63.4 cm³/mol. The summed E-state index contributed by atoms with van der Waals surface area (Å²) in [7, 11) is 0. The minimum atomic E-state index is 0.434. The lowest BCUT2D eigenvalue weighted by molar-refractivity contribution is 0.489. The number of nitrogens with one attached hydrogen (secondary N) is 1. The lowest BCUT2D eigenvalue weighted by atomic mass is 10.1. The van der Waals surface area contributed by atoms with Gasteiger partial charge in [-0.15, -0.1) is 11.3 Å². The molecular weight excluding hydrogens is 192 g/mol. The van der Waals surface area contributed by atoms with E-state index in [1.807, 2.05) is 11.3 Å². The topological polar surface area (TPSA) is 38.0 Å². The average molecular weight is 212 g/mol. The minimum absolute atomic E-state index is 0.434. The maximum atomic E-state index is 5.50. The summed E-state index contributed by atoms with van der Waals surface area (Å²) in [6.45, 7) is 4.39. The van der Waals surface area contributed by atoms with Crippen molar-refractivity contribution in [3.8, 4) is 0 Å². The maximum Gasteiger partial charge on any atom is 0.0258 e. The minimum Gasteiger partial charge on any atom is -0.271 e. The normalized spacial score (nSPS) is 13.1. The van der Waals surface area contributed by atoms with Crippen LogP contribution in [0.1, 0.15) is 36.4 Å². The predicted octanol–water partition coefficient (Wildman–Crippen LogP) is 2.48. The third-order valence-electron chi connectivity index (χ3n) is 2.39. The van der Waals surface area contributed by atoms with Gasteiger partial charge in [-0.1, -0.05) is 20.3 Å². The van der Waals surface area contributed by atoms with Gasteiger partial charge in [0.05, 0.1) is 0 Å². The number of nitrogens with two attached hydrogens (primary N) is 1. The Morgan fingerprint density at radius 3 is 2.57 bits per heavy atom. The molecule has 0 aliphatic carbocycles. The van der Waals surface area contributed by atoms with E-state index < -0.39 is 0 Å². The molecule has 80 valence electrons. The first kappa shape index (κ1) is 11.7. The zero-order chi connectivity index (χ0) is 10.4. The highest BCUT2D eigenvalue weighted by Gasteiger charge is 2.07. The SMILES string of the molecule is CCCC(Cc1ccc(CC)s1)NN. The number of hydrogen-bond donors (Lipinski definition) is 2. The van der Waals surface area contributed by atoms with Gasteiger partial charge in [-0.2, -0.15) is 0 Å². The summed E-state index contributed by atoms with van der Waals surface area (Å²) in [5, 5.41) is 0. The number of rotatable bonds is 6. The molecule has 0 fully saturated rings. The van der Waals surface area contributed by atoms with Crippen LogP contribution >= 0.6 is 11.3 Å². The largest absolute Gasteiger partial charge is 0.271 e. The molecule has 0 bridgehead atoms. The van der Waals surface area contributed by atoms with E-state index in [9.17, 15) is 0 Å². The van der Waals surface area contributed by atoms with Crippen molar-refractivity contribution in [3.05, 3.63) is 21.9 Å². The lowest BCUT2D eigenvalue weighted by Gasteiger charge is -2.13. The molecule has 0 saturated heterocycles. The summed E-state index contributed by atoms with van der Waals surface area (Å²) in [6.07, 6.45) is 4.53. The molecular formula is C11H20N2S. The van der Waals surface area contributed by atoms with Crippen LogP contribution in [0, 0.1) is 0 Å². The van der Waals surface area contributed by atoms with Crippen molar-refractivity contribution in [2.75, 3.05) is 0 Å². The molecule has 0 aliphatic rings. The number of thiophene rings is 1. The highest BCUT2D eigenvalue weighted by Crippen LogP contribution is 2.19. The fourth-order valence-electron chi connectivity index (χ4n) is 1.56. The molecule has 3 N–H and O–H groups in total. The Kier molecular flexibility index (Phi) is 5.15. The van der Waals surface area contributed by atoms with Gasteiger partial charge in [-0.05, 0) is 31.4 Å². The third-order valence-corrected chi connectivity index (χ3v) is 3.64. The maximum absolute atomic E-state index is 5.50. The van der Waals surface area contributed by atoms with E-state index >= 15 is 0 Å². The third kappa shape index (κ3) is 3.40. The van der Waals surface area contributed by atoms with Crippen molar-refractivity contribution >= 4 is 11.3 Å². The number of aryl methyl sites for hydroxylation is 1. The molecule has 1 unspecified atom stereocenters. The van der Waals surface area contributed by atoms with Crippen LogP contribution in [0.15, 0.2) is 12.1 Å². The van der Waals surface area contributed by atoms with Gasteiger partial charge in [0.25, 0.3) is 0 Å².